The molecule has 2 N–H and O–H groups in total. The SMILES string of the molecule is CS(=O)(=O)c1ccc(CNC(=O)c2ccn(C3CCCNC3)n2)cc1.Cl. The van der Waals surface area contributed by atoms with E-state index >= 15 is 0 Å². The lowest BCUT2D eigenvalue weighted by atomic mass is 10.1. The highest BCUT2D eigenvalue weighted by Gasteiger charge is 2.17. The van der Waals surface area contributed by atoms with Gasteiger partial charge in [-0.15, -0.1) is 12.4 Å². The molecule has 2 aromatic rings. The van der Waals surface area contributed by atoms with E-state index in [9.17, 15) is 13.2 Å². The van der Waals surface area contributed by atoms with Gasteiger partial charge in [0.2, 0.25) is 0 Å². The summed E-state index contributed by atoms with van der Waals surface area (Å²) < 4.78 is 24.7. The lowest BCUT2D eigenvalue weighted by Gasteiger charge is -2.22. The van der Waals surface area contributed by atoms with E-state index in [1.807, 2.05) is 10.9 Å². The van der Waals surface area contributed by atoms with E-state index in [1.165, 1.54) is 6.26 Å². The summed E-state index contributed by atoms with van der Waals surface area (Å²) in [6, 6.07) is 8.49. The summed E-state index contributed by atoms with van der Waals surface area (Å²) in [5.41, 5.74) is 1.22. The lowest BCUT2D eigenvalue weighted by molar-refractivity contribution is 0.0944. The van der Waals surface area contributed by atoms with Crippen molar-refractivity contribution in [3.8, 4) is 0 Å². The highest BCUT2D eigenvalue weighted by molar-refractivity contribution is 7.90. The molecule has 0 radical (unpaired) electrons. The van der Waals surface area contributed by atoms with Gasteiger partial charge in [0.1, 0.15) is 5.69 Å². The van der Waals surface area contributed by atoms with Crippen LogP contribution in [0.1, 0.15) is 34.9 Å². The Labute approximate surface area is 159 Å². The third kappa shape index (κ3) is 5.06. The molecular formula is C17H23ClN4O3S. The van der Waals surface area contributed by atoms with E-state index in [2.05, 4.69) is 15.7 Å². The Morgan fingerprint density at radius 3 is 2.65 bits per heavy atom. The first-order valence-corrected chi connectivity index (χ1v) is 10.2. The highest BCUT2D eigenvalue weighted by atomic mass is 35.5. The molecule has 1 aromatic carbocycles. The second-order valence-electron chi connectivity index (χ2n) is 6.28. The summed E-state index contributed by atoms with van der Waals surface area (Å²) in [6.07, 6.45) is 5.17. The van der Waals surface area contributed by atoms with Crippen molar-refractivity contribution in [2.24, 2.45) is 0 Å². The normalized spacial score (nSPS) is 17.3. The van der Waals surface area contributed by atoms with Crippen molar-refractivity contribution in [2.45, 2.75) is 30.3 Å². The van der Waals surface area contributed by atoms with E-state index in [0.717, 1.165) is 31.5 Å². The van der Waals surface area contributed by atoms with Crippen molar-refractivity contribution >= 4 is 28.2 Å². The molecule has 0 saturated carbocycles. The Morgan fingerprint density at radius 1 is 1.31 bits per heavy atom. The van der Waals surface area contributed by atoms with Crippen LogP contribution in [0.5, 0.6) is 0 Å². The van der Waals surface area contributed by atoms with Gasteiger partial charge in [0.05, 0.1) is 10.9 Å². The summed E-state index contributed by atoms with van der Waals surface area (Å²) in [4.78, 5) is 12.5. The number of hydrogen-bond donors (Lipinski definition) is 2. The molecule has 142 valence electrons. The zero-order valence-electron chi connectivity index (χ0n) is 14.5. The van der Waals surface area contributed by atoms with E-state index in [0.29, 0.717) is 18.3 Å². The minimum atomic E-state index is -3.21. The summed E-state index contributed by atoms with van der Waals surface area (Å²) in [7, 11) is -3.21. The molecule has 2 heterocycles. The van der Waals surface area contributed by atoms with Crippen LogP contribution in [0.25, 0.3) is 0 Å². The minimum absolute atomic E-state index is 0. The van der Waals surface area contributed by atoms with Gasteiger partial charge in [-0.2, -0.15) is 5.10 Å². The number of hydrogen-bond acceptors (Lipinski definition) is 5. The summed E-state index contributed by atoms with van der Waals surface area (Å²) in [5, 5.41) is 10.5. The van der Waals surface area contributed by atoms with E-state index in [-0.39, 0.29) is 23.2 Å². The molecule has 1 amide bonds. The average Bonchev–Trinajstić information content (AvgIpc) is 3.10. The molecule has 1 aromatic heterocycles. The van der Waals surface area contributed by atoms with Gasteiger partial charge in [-0.1, -0.05) is 12.1 Å². The average molecular weight is 399 g/mol. The fourth-order valence-corrected chi connectivity index (χ4v) is 3.48. The molecule has 1 unspecified atom stereocenters. The number of amides is 1. The molecule has 0 bridgehead atoms. The topological polar surface area (TPSA) is 93.1 Å². The van der Waals surface area contributed by atoms with Crippen LogP contribution in [-0.2, 0) is 16.4 Å². The fourth-order valence-electron chi connectivity index (χ4n) is 2.85. The number of carbonyl (C=O) groups is 1. The van der Waals surface area contributed by atoms with Crippen LogP contribution in [0.3, 0.4) is 0 Å². The Hall–Kier alpha value is -1.90. The van der Waals surface area contributed by atoms with Gasteiger partial charge in [0, 0.05) is 25.5 Å². The van der Waals surface area contributed by atoms with Crippen LogP contribution in [0.2, 0.25) is 0 Å². The molecule has 0 aliphatic carbocycles. The van der Waals surface area contributed by atoms with Crippen LogP contribution in [0.15, 0.2) is 41.4 Å². The number of halogens is 1. The van der Waals surface area contributed by atoms with Gasteiger partial charge < -0.3 is 10.6 Å². The van der Waals surface area contributed by atoms with Gasteiger partial charge in [-0.05, 0) is 43.1 Å². The lowest BCUT2D eigenvalue weighted by Crippen LogP contribution is -2.32. The van der Waals surface area contributed by atoms with Gasteiger partial charge in [-0.25, -0.2) is 8.42 Å². The molecule has 1 aliphatic heterocycles. The maximum Gasteiger partial charge on any atom is 0.272 e. The Morgan fingerprint density at radius 2 is 2.04 bits per heavy atom. The van der Waals surface area contributed by atoms with Crippen molar-refractivity contribution in [1.82, 2.24) is 20.4 Å². The van der Waals surface area contributed by atoms with Crippen LogP contribution in [0, 0.1) is 0 Å². The molecule has 26 heavy (non-hydrogen) atoms. The molecule has 1 aliphatic rings. The first-order valence-electron chi connectivity index (χ1n) is 8.26. The molecule has 9 heteroatoms. The van der Waals surface area contributed by atoms with Crippen LogP contribution >= 0.6 is 12.4 Å². The maximum atomic E-state index is 12.2. The Kier molecular flexibility index (Phi) is 6.80. The third-order valence-electron chi connectivity index (χ3n) is 4.29. The van der Waals surface area contributed by atoms with Crippen LogP contribution < -0.4 is 10.6 Å². The second-order valence-corrected chi connectivity index (χ2v) is 8.30. The predicted octanol–water partition coefficient (Wildman–Crippen LogP) is 1.56. The number of piperidine rings is 1. The van der Waals surface area contributed by atoms with Crippen molar-refractivity contribution in [1.29, 1.82) is 0 Å². The molecular weight excluding hydrogens is 376 g/mol. The number of benzene rings is 1. The zero-order valence-corrected chi connectivity index (χ0v) is 16.1. The van der Waals surface area contributed by atoms with Crippen molar-refractivity contribution in [3.05, 3.63) is 47.8 Å². The largest absolute Gasteiger partial charge is 0.347 e. The van der Waals surface area contributed by atoms with Gasteiger partial charge in [0.15, 0.2) is 9.84 Å². The molecule has 1 fully saturated rings. The standard InChI is InChI=1S/C17H22N4O3S.ClH/c1-25(23,24)15-6-4-13(5-7-15)11-19-17(22)16-8-10-21(20-16)14-3-2-9-18-12-14;/h4-8,10,14,18H,2-3,9,11-12H2,1H3,(H,19,22);1H. The van der Waals surface area contributed by atoms with E-state index in [1.54, 1.807) is 30.3 Å². The summed E-state index contributed by atoms with van der Waals surface area (Å²) >= 11 is 0. The smallest absolute Gasteiger partial charge is 0.272 e. The number of nitrogens with one attached hydrogen (secondary N) is 2. The third-order valence-corrected chi connectivity index (χ3v) is 5.42. The van der Waals surface area contributed by atoms with E-state index < -0.39 is 9.84 Å². The first kappa shape index (κ1) is 20.4. The fraction of sp³-hybridized carbons (Fsp3) is 0.412. The van der Waals surface area contributed by atoms with Crippen molar-refractivity contribution < 1.29 is 13.2 Å². The number of sulfone groups is 1. The molecule has 3 rings (SSSR count). The molecule has 1 atom stereocenters. The molecule has 0 spiro atoms. The Bertz CT molecular complexity index is 843. The predicted molar refractivity (Wildman–Crippen MR) is 101 cm³/mol. The minimum Gasteiger partial charge on any atom is -0.347 e. The van der Waals surface area contributed by atoms with E-state index in [4.69, 9.17) is 0 Å². The highest BCUT2D eigenvalue weighted by Crippen LogP contribution is 2.16. The quantitative estimate of drug-likeness (QED) is 0.797. The number of nitrogens with zero attached hydrogens (tertiary/aromatic N) is 2. The number of aromatic nitrogens is 2. The summed E-state index contributed by atoms with van der Waals surface area (Å²) in [5.74, 6) is -0.241. The van der Waals surface area contributed by atoms with Gasteiger partial charge in [-0.3, -0.25) is 9.48 Å². The van der Waals surface area contributed by atoms with Crippen LogP contribution in [-0.4, -0.2) is 43.5 Å². The molecule has 1 saturated heterocycles. The number of rotatable bonds is 5. The first-order chi connectivity index (χ1) is 11.9. The monoisotopic (exact) mass is 398 g/mol. The van der Waals surface area contributed by atoms with Gasteiger partial charge >= 0.3 is 0 Å². The van der Waals surface area contributed by atoms with Gasteiger partial charge in [0.25, 0.3) is 5.91 Å². The maximum absolute atomic E-state index is 12.2. The van der Waals surface area contributed by atoms with Crippen molar-refractivity contribution in [2.75, 3.05) is 19.3 Å². The second kappa shape index (κ2) is 8.66. The van der Waals surface area contributed by atoms with Crippen molar-refractivity contribution in [3.63, 3.8) is 0 Å². The zero-order chi connectivity index (χ0) is 17.9. The number of carbonyl (C=O) groups excluding carboxylic acids is 1. The Balaban J connectivity index is 0.00000243. The van der Waals surface area contributed by atoms with Crippen LogP contribution in [0.4, 0.5) is 0 Å². The molecule has 7 nitrogen and oxygen atoms in total. The summed E-state index contributed by atoms with van der Waals surface area (Å²) in [6.45, 7) is 2.22.